The highest BCUT2D eigenvalue weighted by atomic mass is 16.5. The summed E-state index contributed by atoms with van der Waals surface area (Å²) in [6.45, 7) is 10.9. The van der Waals surface area contributed by atoms with E-state index >= 15 is 0 Å². The fraction of sp³-hybridized carbons (Fsp3) is 0.348. The molecule has 2 rings (SSSR count). The van der Waals surface area contributed by atoms with E-state index in [0.29, 0.717) is 24.0 Å². The van der Waals surface area contributed by atoms with E-state index in [1.54, 1.807) is 13.2 Å². The number of anilines is 1. The third-order valence-electron chi connectivity index (χ3n) is 4.11. The van der Waals surface area contributed by atoms with E-state index in [1.807, 2.05) is 39.0 Å². The summed E-state index contributed by atoms with van der Waals surface area (Å²) in [7, 11) is 1.61. The number of rotatable bonds is 7. The lowest BCUT2D eigenvalue weighted by Crippen LogP contribution is -2.10. The number of hydrogen-bond donors (Lipinski definition) is 1. The molecule has 0 saturated carbocycles. The van der Waals surface area contributed by atoms with Gasteiger partial charge in [0.1, 0.15) is 0 Å². The molecule has 0 aliphatic carbocycles. The van der Waals surface area contributed by atoms with Crippen molar-refractivity contribution < 1.29 is 14.3 Å². The molecular formula is C23H29NO3. The molecule has 0 fully saturated rings. The largest absolute Gasteiger partial charge is 0.493 e. The molecule has 0 aliphatic heterocycles. The Bertz CT molecular complexity index is 815. The number of amides is 1. The molecule has 0 aliphatic rings. The summed E-state index contributed by atoms with van der Waals surface area (Å²) >= 11 is 0. The number of methoxy groups -OCH3 is 1. The molecule has 0 spiro atoms. The van der Waals surface area contributed by atoms with E-state index in [0.717, 1.165) is 22.4 Å². The minimum absolute atomic E-state index is 0.163. The average Bonchev–Trinajstić information content (AvgIpc) is 2.61. The Morgan fingerprint density at radius 2 is 1.74 bits per heavy atom. The van der Waals surface area contributed by atoms with Crippen molar-refractivity contribution in [1.82, 2.24) is 0 Å². The van der Waals surface area contributed by atoms with Crippen LogP contribution in [-0.2, 0) is 4.79 Å². The van der Waals surface area contributed by atoms with Crippen molar-refractivity contribution in [3.8, 4) is 11.5 Å². The summed E-state index contributed by atoms with van der Waals surface area (Å²) in [5.74, 6) is 1.64. The normalized spacial score (nSPS) is 11.1. The maximum absolute atomic E-state index is 12.3. The van der Waals surface area contributed by atoms with Crippen LogP contribution in [0.25, 0.3) is 6.08 Å². The standard InChI is InChI=1S/C23H29NO3/c1-15(2)14-27-20-9-7-19(13-21(20)26-6)8-10-22(25)24-23-17(4)11-16(3)12-18(23)5/h7-13,15H,14H2,1-6H3,(H,24,25)/b10-8+. The molecule has 0 bridgehead atoms. The van der Waals surface area contributed by atoms with Crippen molar-refractivity contribution in [1.29, 1.82) is 0 Å². The molecule has 2 aromatic rings. The van der Waals surface area contributed by atoms with Crippen LogP contribution in [0.3, 0.4) is 0 Å². The van der Waals surface area contributed by atoms with Crippen LogP contribution in [0.2, 0.25) is 0 Å². The SMILES string of the molecule is COc1cc(/C=C/C(=O)Nc2c(C)cc(C)cc2C)ccc1OCC(C)C. The van der Waals surface area contributed by atoms with E-state index in [1.165, 1.54) is 11.6 Å². The van der Waals surface area contributed by atoms with Crippen LogP contribution in [0.4, 0.5) is 5.69 Å². The van der Waals surface area contributed by atoms with Gasteiger partial charge in [-0.25, -0.2) is 0 Å². The molecule has 1 N–H and O–H groups in total. The average molecular weight is 367 g/mol. The first-order valence-electron chi connectivity index (χ1n) is 9.18. The number of ether oxygens (including phenoxy) is 2. The van der Waals surface area contributed by atoms with Crippen LogP contribution in [0.1, 0.15) is 36.1 Å². The summed E-state index contributed by atoms with van der Waals surface area (Å²) in [5, 5.41) is 2.97. The molecule has 2 aromatic carbocycles. The van der Waals surface area contributed by atoms with Crippen molar-refractivity contribution in [3.05, 3.63) is 58.7 Å². The van der Waals surface area contributed by atoms with Gasteiger partial charge in [-0.05, 0) is 61.6 Å². The molecule has 144 valence electrons. The molecule has 0 atom stereocenters. The first-order valence-corrected chi connectivity index (χ1v) is 9.18. The number of aryl methyl sites for hydroxylation is 3. The van der Waals surface area contributed by atoms with Gasteiger partial charge >= 0.3 is 0 Å². The molecule has 4 heteroatoms. The number of hydrogen-bond acceptors (Lipinski definition) is 3. The number of nitrogens with one attached hydrogen (secondary N) is 1. The zero-order valence-corrected chi connectivity index (χ0v) is 17.1. The Balaban J connectivity index is 2.10. The molecule has 1 amide bonds. The monoisotopic (exact) mass is 367 g/mol. The molecule has 0 aromatic heterocycles. The van der Waals surface area contributed by atoms with Gasteiger partial charge in [0, 0.05) is 11.8 Å². The second-order valence-corrected chi connectivity index (χ2v) is 7.21. The van der Waals surface area contributed by atoms with Crippen LogP contribution < -0.4 is 14.8 Å². The zero-order chi connectivity index (χ0) is 20.0. The van der Waals surface area contributed by atoms with Gasteiger partial charge in [-0.2, -0.15) is 0 Å². The predicted molar refractivity (Wildman–Crippen MR) is 112 cm³/mol. The van der Waals surface area contributed by atoms with Crippen molar-refractivity contribution in [2.24, 2.45) is 5.92 Å². The first-order chi connectivity index (χ1) is 12.8. The highest BCUT2D eigenvalue weighted by Gasteiger charge is 2.08. The number of carbonyl (C=O) groups excluding carboxylic acids is 1. The summed E-state index contributed by atoms with van der Waals surface area (Å²) in [6.07, 6.45) is 3.30. The number of benzene rings is 2. The van der Waals surface area contributed by atoms with Crippen molar-refractivity contribution in [2.45, 2.75) is 34.6 Å². The first kappa shape index (κ1) is 20.6. The lowest BCUT2D eigenvalue weighted by Gasteiger charge is -2.13. The lowest BCUT2D eigenvalue weighted by atomic mass is 10.1. The van der Waals surface area contributed by atoms with E-state index < -0.39 is 0 Å². The fourth-order valence-corrected chi connectivity index (χ4v) is 2.88. The molecular weight excluding hydrogens is 338 g/mol. The van der Waals surface area contributed by atoms with Gasteiger partial charge in [0.05, 0.1) is 13.7 Å². The maximum atomic E-state index is 12.3. The van der Waals surface area contributed by atoms with E-state index in [2.05, 4.69) is 31.3 Å². The molecule has 0 unspecified atom stereocenters. The highest BCUT2D eigenvalue weighted by Crippen LogP contribution is 2.29. The van der Waals surface area contributed by atoms with Crippen LogP contribution in [-0.4, -0.2) is 19.6 Å². The smallest absolute Gasteiger partial charge is 0.248 e. The van der Waals surface area contributed by atoms with Gasteiger partial charge in [0.2, 0.25) is 5.91 Å². The Labute approximate surface area is 162 Å². The fourth-order valence-electron chi connectivity index (χ4n) is 2.88. The molecule has 0 heterocycles. The van der Waals surface area contributed by atoms with Gasteiger partial charge in [-0.1, -0.05) is 37.6 Å². The topological polar surface area (TPSA) is 47.6 Å². The summed E-state index contributed by atoms with van der Waals surface area (Å²) < 4.78 is 11.2. The van der Waals surface area contributed by atoms with Crippen molar-refractivity contribution >= 4 is 17.7 Å². The highest BCUT2D eigenvalue weighted by molar-refractivity contribution is 6.02. The second-order valence-electron chi connectivity index (χ2n) is 7.21. The molecule has 27 heavy (non-hydrogen) atoms. The lowest BCUT2D eigenvalue weighted by molar-refractivity contribution is -0.111. The maximum Gasteiger partial charge on any atom is 0.248 e. The molecule has 4 nitrogen and oxygen atoms in total. The van der Waals surface area contributed by atoms with Gasteiger partial charge in [-0.3, -0.25) is 4.79 Å². The van der Waals surface area contributed by atoms with E-state index in [-0.39, 0.29) is 5.91 Å². The quantitative estimate of drug-likeness (QED) is 0.675. The third kappa shape index (κ3) is 5.88. The van der Waals surface area contributed by atoms with Crippen LogP contribution in [0.5, 0.6) is 11.5 Å². The zero-order valence-electron chi connectivity index (χ0n) is 17.1. The minimum atomic E-state index is -0.163. The summed E-state index contributed by atoms with van der Waals surface area (Å²) in [5.41, 5.74) is 5.04. The Kier molecular flexibility index (Phi) is 7.05. The van der Waals surface area contributed by atoms with E-state index in [9.17, 15) is 4.79 Å². The second kappa shape index (κ2) is 9.26. The van der Waals surface area contributed by atoms with Gasteiger partial charge in [-0.15, -0.1) is 0 Å². The summed E-state index contributed by atoms with van der Waals surface area (Å²) in [6, 6.07) is 9.76. The Morgan fingerprint density at radius 1 is 1.07 bits per heavy atom. The van der Waals surface area contributed by atoms with Crippen LogP contribution >= 0.6 is 0 Å². The van der Waals surface area contributed by atoms with Crippen LogP contribution in [0.15, 0.2) is 36.4 Å². The Hall–Kier alpha value is -2.75. The van der Waals surface area contributed by atoms with Crippen LogP contribution in [0, 0.1) is 26.7 Å². The van der Waals surface area contributed by atoms with Gasteiger partial charge < -0.3 is 14.8 Å². The molecule has 0 saturated heterocycles. The predicted octanol–water partition coefficient (Wildman–Crippen LogP) is 5.31. The van der Waals surface area contributed by atoms with Crippen molar-refractivity contribution in [3.63, 3.8) is 0 Å². The summed E-state index contributed by atoms with van der Waals surface area (Å²) in [4.78, 5) is 12.3. The van der Waals surface area contributed by atoms with Gasteiger partial charge in [0.25, 0.3) is 0 Å². The van der Waals surface area contributed by atoms with Gasteiger partial charge in [0.15, 0.2) is 11.5 Å². The number of carbonyl (C=O) groups is 1. The minimum Gasteiger partial charge on any atom is -0.493 e. The molecule has 0 radical (unpaired) electrons. The van der Waals surface area contributed by atoms with Crippen molar-refractivity contribution in [2.75, 3.05) is 19.0 Å². The van der Waals surface area contributed by atoms with E-state index in [4.69, 9.17) is 9.47 Å². The Morgan fingerprint density at radius 3 is 2.33 bits per heavy atom. The third-order valence-corrected chi connectivity index (χ3v) is 4.11.